The summed E-state index contributed by atoms with van der Waals surface area (Å²) in [6.07, 6.45) is 0.627. The van der Waals surface area contributed by atoms with Gasteiger partial charge in [-0.2, -0.15) is 0 Å². The van der Waals surface area contributed by atoms with Crippen LogP contribution in [0.1, 0.15) is 44.9 Å². The lowest BCUT2D eigenvalue weighted by atomic mass is 9.80. The number of carbonyl (C=O) groups is 1. The molecule has 0 saturated carbocycles. The number of benzene rings is 1. The van der Waals surface area contributed by atoms with Gasteiger partial charge in [-0.3, -0.25) is 4.79 Å². The predicted molar refractivity (Wildman–Crippen MR) is 90.5 cm³/mol. The highest BCUT2D eigenvalue weighted by molar-refractivity contribution is 9.10. The van der Waals surface area contributed by atoms with Crippen LogP contribution in [0.15, 0.2) is 22.7 Å². The molecule has 3 atom stereocenters. The molecule has 2 saturated heterocycles. The van der Waals surface area contributed by atoms with Crippen molar-refractivity contribution in [3.05, 3.63) is 33.8 Å². The van der Waals surface area contributed by atoms with Gasteiger partial charge in [-0.15, -0.1) is 0 Å². The largest absolute Gasteiger partial charge is 0.381 e. The summed E-state index contributed by atoms with van der Waals surface area (Å²) in [5, 5.41) is 0. The number of ketones is 1. The highest BCUT2D eigenvalue weighted by Gasteiger charge is 2.80. The summed E-state index contributed by atoms with van der Waals surface area (Å²) >= 11 is 3.51. The quantitative estimate of drug-likeness (QED) is 0.746. The van der Waals surface area contributed by atoms with Crippen molar-refractivity contribution in [1.29, 1.82) is 0 Å². The van der Waals surface area contributed by atoms with E-state index in [2.05, 4.69) is 28.9 Å². The first-order valence-electron chi connectivity index (χ1n) is 7.92. The molecule has 0 bridgehead atoms. The number of hydrogen-bond donors (Lipinski definition) is 0. The molecule has 1 aromatic carbocycles. The first kappa shape index (κ1) is 17.1. The first-order chi connectivity index (χ1) is 10.7. The summed E-state index contributed by atoms with van der Waals surface area (Å²) in [7, 11) is 1.58. The third-order valence-electron chi connectivity index (χ3n) is 5.00. The van der Waals surface area contributed by atoms with Crippen LogP contribution in [0.25, 0.3) is 0 Å². The van der Waals surface area contributed by atoms with Crippen molar-refractivity contribution in [2.75, 3.05) is 13.7 Å². The van der Waals surface area contributed by atoms with Gasteiger partial charge in [0.15, 0.2) is 11.2 Å². The fraction of sp³-hybridized carbons (Fsp3) is 0.611. The Morgan fingerprint density at radius 3 is 2.61 bits per heavy atom. The van der Waals surface area contributed by atoms with E-state index in [0.29, 0.717) is 0 Å². The van der Waals surface area contributed by atoms with Crippen LogP contribution < -0.4 is 0 Å². The Morgan fingerprint density at radius 1 is 1.30 bits per heavy atom. The number of methoxy groups -OCH3 is 1. The van der Waals surface area contributed by atoms with E-state index in [1.165, 1.54) is 5.56 Å². The van der Waals surface area contributed by atoms with E-state index in [0.717, 1.165) is 16.5 Å². The van der Waals surface area contributed by atoms with Gasteiger partial charge in [0, 0.05) is 11.6 Å². The Labute approximate surface area is 145 Å². The summed E-state index contributed by atoms with van der Waals surface area (Å²) in [4.78, 5) is 13.1. The fourth-order valence-corrected chi connectivity index (χ4v) is 4.33. The molecule has 0 N–H and O–H groups in total. The van der Waals surface area contributed by atoms with Crippen molar-refractivity contribution in [1.82, 2.24) is 0 Å². The zero-order chi connectivity index (χ0) is 17.0. The zero-order valence-electron chi connectivity index (χ0n) is 14.2. The van der Waals surface area contributed by atoms with E-state index < -0.39 is 16.8 Å². The minimum Gasteiger partial charge on any atom is -0.381 e. The van der Waals surface area contributed by atoms with Gasteiger partial charge in [0.05, 0.1) is 6.61 Å². The Hall–Kier alpha value is -0.750. The number of aryl methyl sites for hydroxylation is 1. The molecule has 2 heterocycles. The monoisotopic (exact) mass is 382 g/mol. The van der Waals surface area contributed by atoms with Crippen molar-refractivity contribution >= 4 is 21.7 Å². The van der Waals surface area contributed by atoms with E-state index in [-0.39, 0.29) is 18.5 Å². The molecule has 5 heteroatoms. The van der Waals surface area contributed by atoms with Crippen molar-refractivity contribution < 1.29 is 19.0 Å². The number of rotatable bonds is 4. The van der Waals surface area contributed by atoms with Crippen LogP contribution in [0.3, 0.4) is 0 Å². The molecular weight excluding hydrogens is 360 g/mol. The third kappa shape index (κ3) is 2.32. The van der Waals surface area contributed by atoms with Crippen LogP contribution in [0, 0.1) is 0 Å². The van der Waals surface area contributed by atoms with E-state index in [1.54, 1.807) is 14.0 Å². The molecule has 23 heavy (non-hydrogen) atoms. The van der Waals surface area contributed by atoms with Crippen molar-refractivity contribution in [2.24, 2.45) is 0 Å². The molecule has 0 radical (unpaired) electrons. The first-order valence-corrected chi connectivity index (χ1v) is 8.71. The molecule has 2 fully saturated rings. The fourth-order valence-electron chi connectivity index (χ4n) is 3.92. The number of hydrogen-bond acceptors (Lipinski definition) is 4. The molecule has 126 valence electrons. The van der Waals surface area contributed by atoms with Gasteiger partial charge >= 0.3 is 0 Å². The molecule has 1 spiro atoms. The predicted octanol–water partition coefficient (Wildman–Crippen LogP) is 3.60. The second-order valence-corrected chi connectivity index (χ2v) is 7.95. The van der Waals surface area contributed by atoms with Crippen LogP contribution in [0.2, 0.25) is 0 Å². The van der Waals surface area contributed by atoms with Crippen LogP contribution in [0.4, 0.5) is 0 Å². The maximum atomic E-state index is 13.1. The minimum absolute atomic E-state index is 0.0215. The Balaban J connectivity index is 2.01. The highest BCUT2D eigenvalue weighted by Crippen LogP contribution is 2.64. The van der Waals surface area contributed by atoms with Gasteiger partial charge in [0.25, 0.3) is 0 Å². The maximum Gasteiger partial charge on any atom is 0.204 e. The Kier molecular flexibility index (Phi) is 4.00. The SMILES string of the molecule is CCc1cc(Br)ccc1C1OC12C(=O)C(C)(COC)OC2(C)C. The molecular formula is C18H23BrO4. The average molecular weight is 383 g/mol. The number of ether oxygens (including phenoxy) is 3. The van der Waals surface area contributed by atoms with Gasteiger partial charge in [-0.05, 0) is 50.5 Å². The minimum atomic E-state index is -0.964. The van der Waals surface area contributed by atoms with Crippen molar-refractivity contribution in [3.8, 4) is 0 Å². The van der Waals surface area contributed by atoms with E-state index in [4.69, 9.17) is 14.2 Å². The summed E-state index contributed by atoms with van der Waals surface area (Å²) in [6, 6.07) is 6.12. The molecule has 3 rings (SSSR count). The number of Topliss-reactive ketones (excluding diaryl/α,β-unsaturated/α-hetero) is 1. The van der Waals surface area contributed by atoms with E-state index in [1.807, 2.05) is 26.0 Å². The number of epoxide rings is 1. The van der Waals surface area contributed by atoms with Crippen LogP contribution in [-0.2, 0) is 25.4 Å². The molecule has 0 amide bonds. The molecule has 3 unspecified atom stereocenters. The van der Waals surface area contributed by atoms with Crippen LogP contribution >= 0.6 is 15.9 Å². The van der Waals surface area contributed by atoms with Crippen molar-refractivity contribution in [2.45, 2.75) is 57.0 Å². The van der Waals surface area contributed by atoms with E-state index >= 15 is 0 Å². The summed E-state index contributed by atoms with van der Waals surface area (Å²) in [5.74, 6) is -0.0215. The van der Waals surface area contributed by atoms with Gasteiger partial charge in [0.2, 0.25) is 5.78 Å². The van der Waals surface area contributed by atoms with Crippen molar-refractivity contribution in [3.63, 3.8) is 0 Å². The lowest BCUT2D eigenvalue weighted by molar-refractivity contribution is -0.143. The Bertz CT molecular complexity index is 656. The third-order valence-corrected chi connectivity index (χ3v) is 5.49. The molecule has 4 nitrogen and oxygen atoms in total. The number of halogens is 1. The van der Waals surface area contributed by atoms with Gasteiger partial charge in [-0.25, -0.2) is 0 Å². The second kappa shape index (κ2) is 5.38. The smallest absolute Gasteiger partial charge is 0.204 e. The van der Waals surface area contributed by atoms with E-state index in [9.17, 15) is 4.79 Å². The standard InChI is InChI=1S/C18H23BrO4/c1-6-11-9-12(19)7-8-13(11)14-18(22-14)15(20)17(4,10-21-5)23-16(18,2)3/h7-9,14H,6,10H2,1-5H3. The molecule has 0 aliphatic carbocycles. The average Bonchev–Trinajstić information content (AvgIpc) is 3.20. The Morgan fingerprint density at radius 2 is 2.00 bits per heavy atom. The van der Waals surface area contributed by atoms with Crippen LogP contribution in [-0.4, -0.2) is 36.3 Å². The maximum absolute atomic E-state index is 13.1. The van der Waals surface area contributed by atoms with Crippen LogP contribution in [0.5, 0.6) is 0 Å². The lowest BCUT2D eigenvalue weighted by Crippen LogP contribution is -2.42. The van der Waals surface area contributed by atoms with Gasteiger partial charge < -0.3 is 14.2 Å². The summed E-state index contributed by atoms with van der Waals surface area (Å²) in [6.45, 7) is 7.98. The molecule has 0 aromatic heterocycles. The second-order valence-electron chi connectivity index (χ2n) is 7.04. The molecule has 1 aromatic rings. The lowest BCUT2D eigenvalue weighted by Gasteiger charge is -2.25. The highest BCUT2D eigenvalue weighted by atomic mass is 79.9. The molecule has 2 aliphatic rings. The summed E-state index contributed by atoms with van der Waals surface area (Å²) in [5.41, 5.74) is -0.319. The normalized spacial score (nSPS) is 35.0. The van der Waals surface area contributed by atoms with Gasteiger partial charge in [0.1, 0.15) is 11.7 Å². The summed E-state index contributed by atoms with van der Waals surface area (Å²) < 4.78 is 18.4. The van der Waals surface area contributed by atoms with Gasteiger partial charge in [-0.1, -0.05) is 28.9 Å². The number of carbonyl (C=O) groups excluding carboxylic acids is 1. The molecule has 2 aliphatic heterocycles. The zero-order valence-corrected chi connectivity index (χ0v) is 15.8. The topological polar surface area (TPSA) is 48.1 Å².